The van der Waals surface area contributed by atoms with E-state index in [0.717, 1.165) is 51.1 Å². The maximum absolute atomic E-state index is 8.66. The van der Waals surface area contributed by atoms with Crippen molar-refractivity contribution in [3.8, 4) is 0 Å². The van der Waals surface area contributed by atoms with E-state index in [1.807, 2.05) is 10.9 Å². The number of nitrogens with zero attached hydrogens (tertiary/aromatic N) is 3. The van der Waals surface area contributed by atoms with Gasteiger partial charge in [-0.05, 0) is 25.7 Å². The Labute approximate surface area is 95.4 Å². The van der Waals surface area contributed by atoms with Crippen LogP contribution in [0.3, 0.4) is 0 Å². The largest absolute Gasteiger partial charge is 0.396 e. The van der Waals surface area contributed by atoms with Crippen LogP contribution in [-0.2, 0) is 11.3 Å². The molecule has 0 aliphatic carbocycles. The fraction of sp³-hybridized carbons (Fsp3) is 0.818. The molecule has 0 radical (unpaired) electrons. The molecule has 90 valence electrons. The number of aliphatic hydroxyl groups excluding tert-OH is 1. The van der Waals surface area contributed by atoms with E-state index in [4.69, 9.17) is 9.84 Å². The highest BCUT2D eigenvalue weighted by Crippen LogP contribution is 2.22. The molecular weight excluding hydrogens is 206 g/mol. The van der Waals surface area contributed by atoms with Crippen molar-refractivity contribution >= 4 is 0 Å². The van der Waals surface area contributed by atoms with Crippen molar-refractivity contribution in [3.05, 3.63) is 11.9 Å². The van der Waals surface area contributed by atoms with E-state index in [1.165, 1.54) is 0 Å². The summed E-state index contributed by atoms with van der Waals surface area (Å²) in [4.78, 5) is 0. The summed E-state index contributed by atoms with van der Waals surface area (Å²) in [6, 6.07) is 0. The molecule has 2 rings (SSSR count). The van der Waals surface area contributed by atoms with Crippen LogP contribution in [0.15, 0.2) is 6.20 Å². The highest BCUT2D eigenvalue weighted by atomic mass is 16.5. The molecule has 1 saturated heterocycles. The number of hydrogen-bond donors (Lipinski definition) is 1. The van der Waals surface area contributed by atoms with Crippen molar-refractivity contribution in [2.75, 3.05) is 19.8 Å². The van der Waals surface area contributed by atoms with Gasteiger partial charge in [-0.15, -0.1) is 5.10 Å². The van der Waals surface area contributed by atoms with E-state index < -0.39 is 0 Å². The Morgan fingerprint density at radius 1 is 1.44 bits per heavy atom. The fourth-order valence-electron chi connectivity index (χ4n) is 1.94. The van der Waals surface area contributed by atoms with Crippen LogP contribution in [0, 0.1) is 0 Å². The molecule has 0 saturated carbocycles. The first kappa shape index (κ1) is 11.5. The number of aryl methyl sites for hydroxylation is 1. The monoisotopic (exact) mass is 225 g/mol. The summed E-state index contributed by atoms with van der Waals surface area (Å²) in [5.41, 5.74) is 1.06. The lowest BCUT2D eigenvalue weighted by Crippen LogP contribution is -1.99. The Bertz CT molecular complexity index is 308. The molecule has 1 aromatic rings. The Balaban J connectivity index is 1.77. The molecule has 1 N–H and O–H groups in total. The van der Waals surface area contributed by atoms with Gasteiger partial charge in [-0.2, -0.15) is 0 Å². The maximum atomic E-state index is 8.66. The van der Waals surface area contributed by atoms with E-state index in [1.54, 1.807) is 0 Å². The molecule has 1 atom stereocenters. The SMILES string of the molecule is OCCCCCn1cc(C2CCOC2)nn1. The highest BCUT2D eigenvalue weighted by Gasteiger charge is 2.20. The number of aromatic nitrogens is 3. The lowest BCUT2D eigenvalue weighted by Gasteiger charge is -2.01. The van der Waals surface area contributed by atoms with Crippen LogP contribution in [0.25, 0.3) is 0 Å². The average molecular weight is 225 g/mol. The number of unbranched alkanes of at least 4 members (excludes halogenated alkanes) is 2. The zero-order valence-electron chi connectivity index (χ0n) is 9.51. The number of hydrogen-bond acceptors (Lipinski definition) is 4. The lowest BCUT2D eigenvalue weighted by molar-refractivity contribution is 0.193. The van der Waals surface area contributed by atoms with Gasteiger partial charge >= 0.3 is 0 Å². The van der Waals surface area contributed by atoms with Gasteiger partial charge in [-0.3, -0.25) is 4.68 Å². The predicted octanol–water partition coefficient (Wildman–Crippen LogP) is 0.945. The van der Waals surface area contributed by atoms with Crippen LogP contribution < -0.4 is 0 Å². The minimum atomic E-state index is 0.280. The Kier molecular flexibility index (Phi) is 4.30. The number of ether oxygens (including phenoxy) is 1. The molecule has 0 aromatic carbocycles. The van der Waals surface area contributed by atoms with Crippen LogP contribution in [0.2, 0.25) is 0 Å². The van der Waals surface area contributed by atoms with E-state index in [0.29, 0.717) is 5.92 Å². The summed E-state index contributed by atoms with van der Waals surface area (Å²) in [5.74, 6) is 0.436. The normalized spacial score (nSPS) is 20.4. The van der Waals surface area contributed by atoms with Gasteiger partial charge in [-0.25, -0.2) is 0 Å². The van der Waals surface area contributed by atoms with Gasteiger partial charge in [0.1, 0.15) is 0 Å². The smallest absolute Gasteiger partial charge is 0.0881 e. The minimum absolute atomic E-state index is 0.280. The van der Waals surface area contributed by atoms with Crippen molar-refractivity contribution < 1.29 is 9.84 Å². The second kappa shape index (κ2) is 5.96. The molecule has 0 spiro atoms. The third-order valence-corrected chi connectivity index (χ3v) is 2.95. The quantitative estimate of drug-likeness (QED) is 0.732. The molecule has 1 fully saturated rings. The van der Waals surface area contributed by atoms with Gasteiger partial charge < -0.3 is 9.84 Å². The van der Waals surface area contributed by atoms with Crippen LogP contribution in [0.5, 0.6) is 0 Å². The summed E-state index contributed by atoms with van der Waals surface area (Å²) in [6.07, 6.45) is 6.04. The van der Waals surface area contributed by atoms with Gasteiger partial charge in [0.2, 0.25) is 0 Å². The summed E-state index contributed by atoms with van der Waals surface area (Å²) in [7, 11) is 0. The van der Waals surface area contributed by atoms with Gasteiger partial charge in [0.05, 0.1) is 12.3 Å². The second-order valence-electron chi connectivity index (χ2n) is 4.25. The van der Waals surface area contributed by atoms with Gasteiger partial charge in [-0.1, -0.05) is 5.21 Å². The van der Waals surface area contributed by atoms with Crippen LogP contribution in [0.1, 0.15) is 37.3 Å². The third kappa shape index (κ3) is 3.02. The first-order valence-electron chi connectivity index (χ1n) is 5.99. The van der Waals surface area contributed by atoms with Gasteiger partial charge in [0.25, 0.3) is 0 Å². The van der Waals surface area contributed by atoms with Crippen LogP contribution >= 0.6 is 0 Å². The predicted molar refractivity (Wildman–Crippen MR) is 59.1 cm³/mol. The third-order valence-electron chi connectivity index (χ3n) is 2.95. The lowest BCUT2D eigenvalue weighted by atomic mass is 10.1. The molecule has 5 heteroatoms. The fourth-order valence-corrected chi connectivity index (χ4v) is 1.94. The molecule has 1 aliphatic rings. The van der Waals surface area contributed by atoms with E-state index in [2.05, 4.69) is 10.3 Å². The molecule has 2 heterocycles. The first-order chi connectivity index (χ1) is 7.90. The zero-order valence-corrected chi connectivity index (χ0v) is 9.51. The second-order valence-corrected chi connectivity index (χ2v) is 4.25. The Hall–Kier alpha value is -0.940. The van der Waals surface area contributed by atoms with Crippen LogP contribution in [-0.4, -0.2) is 39.9 Å². The van der Waals surface area contributed by atoms with Crippen molar-refractivity contribution in [2.45, 2.75) is 38.1 Å². The highest BCUT2D eigenvalue weighted by molar-refractivity contribution is 5.03. The van der Waals surface area contributed by atoms with Crippen molar-refractivity contribution in [1.82, 2.24) is 15.0 Å². The summed E-state index contributed by atoms with van der Waals surface area (Å²) in [6.45, 7) is 2.79. The van der Waals surface area contributed by atoms with E-state index in [-0.39, 0.29) is 6.61 Å². The molecule has 1 aliphatic heterocycles. The Morgan fingerprint density at radius 2 is 2.38 bits per heavy atom. The molecule has 16 heavy (non-hydrogen) atoms. The van der Waals surface area contributed by atoms with E-state index in [9.17, 15) is 0 Å². The number of aliphatic hydroxyl groups is 1. The van der Waals surface area contributed by atoms with Crippen LogP contribution in [0.4, 0.5) is 0 Å². The summed E-state index contributed by atoms with van der Waals surface area (Å²) < 4.78 is 7.22. The maximum Gasteiger partial charge on any atom is 0.0881 e. The standard InChI is InChI=1S/C11H19N3O2/c15-6-3-1-2-5-14-8-11(12-13-14)10-4-7-16-9-10/h8,10,15H,1-7,9H2. The summed E-state index contributed by atoms with van der Waals surface area (Å²) in [5, 5.41) is 17.0. The molecule has 0 amide bonds. The first-order valence-corrected chi connectivity index (χ1v) is 5.99. The van der Waals surface area contributed by atoms with Crippen molar-refractivity contribution in [3.63, 3.8) is 0 Å². The number of rotatable bonds is 6. The van der Waals surface area contributed by atoms with Crippen molar-refractivity contribution in [2.24, 2.45) is 0 Å². The average Bonchev–Trinajstić information content (AvgIpc) is 2.94. The van der Waals surface area contributed by atoms with Gasteiger partial charge in [0.15, 0.2) is 0 Å². The molecule has 1 unspecified atom stereocenters. The topological polar surface area (TPSA) is 60.2 Å². The molecule has 5 nitrogen and oxygen atoms in total. The van der Waals surface area contributed by atoms with E-state index >= 15 is 0 Å². The zero-order chi connectivity index (χ0) is 11.2. The van der Waals surface area contributed by atoms with Gasteiger partial charge in [0, 0.05) is 31.9 Å². The minimum Gasteiger partial charge on any atom is -0.396 e. The Morgan fingerprint density at radius 3 is 3.12 bits per heavy atom. The molecular formula is C11H19N3O2. The van der Waals surface area contributed by atoms with Crippen molar-refractivity contribution in [1.29, 1.82) is 0 Å². The molecule has 1 aromatic heterocycles. The summed E-state index contributed by atoms with van der Waals surface area (Å²) >= 11 is 0. The molecule has 0 bridgehead atoms.